The molecule has 2 heterocycles. The highest BCUT2D eigenvalue weighted by molar-refractivity contribution is 6.11. The fraction of sp³-hybridized carbons (Fsp3) is 0.278. The first-order valence-electron chi connectivity index (χ1n) is 7.52. The number of para-hydroxylation sites is 1. The fourth-order valence-electron chi connectivity index (χ4n) is 3.21. The molecule has 0 saturated carbocycles. The number of aromatic nitrogens is 2. The Hall–Kier alpha value is -2.91. The second kappa shape index (κ2) is 5.62. The molecule has 0 aliphatic carbocycles. The van der Waals surface area contributed by atoms with Crippen molar-refractivity contribution in [2.24, 2.45) is 0 Å². The maximum Gasteiger partial charge on any atom is 0.265 e. The van der Waals surface area contributed by atoms with Gasteiger partial charge in [0, 0.05) is 11.3 Å². The molecule has 0 bridgehead atoms. The molecule has 0 radical (unpaired) electrons. The van der Waals surface area contributed by atoms with Crippen LogP contribution in [0.4, 0.5) is 5.69 Å². The average Bonchev–Trinajstić information content (AvgIpc) is 2.99. The van der Waals surface area contributed by atoms with E-state index in [1.54, 1.807) is 38.1 Å². The predicted molar refractivity (Wildman–Crippen MR) is 88.5 cm³/mol. The van der Waals surface area contributed by atoms with Crippen molar-refractivity contribution in [1.29, 1.82) is 0 Å². The quantitative estimate of drug-likeness (QED) is 0.659. The molecule has 1 unspecified atom stereocenters. The molecular formula is C18H17N3O3. The number of carbonyl (C=O) groups is 2. The molecule has 1 amide bonds. The number of aromatic amines is 1. The van der Waals surface area contributed by atoms with Crippen LogP contribution in [0.25, 0.3) is 0 Å². The standard InChI is InChI=1S/C18H17N3O3/c1-4-9-21-14-8-6-5-7-13(14)18(24,17(21)23)10-15(22)16-11(2)19-20-12(16)3/h1,5-8,24H,9-10H2,2-3H3,(H,19,20). The molecule has 6 heteroatoms. The Kier molecular flexibility index (Phi) is 3.74. The number of amides is 1. The Morgan fingerprint density at radius 1 is 1.42 bits per heavy atom. The van der Waals surface area contributed by atoms with Crippen LogP contribution < -0.4 is 4.90 Å². The molecule has 1 aromatic heterocycles. The molecule has 2 N–H and O–H groups in total. The number of nitrogens with one attached hydrogen (secondary N) is 1. The third kappa shape index (κ3) is 2.22. The van der Waals surface area contributed by atoms with Crippen LogP contribution in [0.3, 0.4) is 0 Å². The number of hydrogen-bond acceptors (Lipinski definition) is 4. The van der Waals surface area contributed by atoms with Crippen LogP contribution >= 0.6 is 0 Å². The van der Waals surface area contributed by atoms with E-state index in [1.165, 1.54) is 4.90 Å². The number of H-pyrrole nitrogens is 1. The van der Waals surface area contributed by atoms with Gasteiger partial charge >= 0.3 is 0 Å². The maximum atomic E-state index is 12.8. The minimum atomic E-state index is -1.92. The molecule has 1 aliphatic rings. The number of Topliss-reactive ketones (excluding diaryl/α,β-unsaturated/α-hetero) is 1. The van der Waals surface area contributed by atoms with Crippen LogP contribution in [-0.4, -0.2) is 33.5 Å². The molecule has 0 fully saturated rings. The van der Waals surface area contributed by atoms with Crippen molar-refractivity contribution in [2.75, 3.05) is 11.4 Å². The van der Waals surface area contributed by atoms with Gasteiger partial charge in [0.25, 0.3) is 5.91 Å². The number of aliphatic hydroxyl groups is 1. The molecule has 24 heavy (non-hydrogen) atoms. The molecule has 122 valence electrons. The van der Waals surface area contributed by atoms with Gasteiger partial charge in [0.15, 0.2) is 11.4 Å². The number of anilines is 1. The maximum absolute atomic E-state index is 12.8. The smallest absolute Gasteiger partial charge is 0.265 e. The Balaban J connectivity index is 2.02. The number of nitrogens with zero attached hydrogens (tertiary/aromatic N) is 2. The zero-order valence-electron chi connectivity index (χ0n) is 13.5. The first kappa shape index (κ1) is 16.0. The average molecular weight is 323 g/mol. The van der Waals surface area contributed by atoms with Crippen molar-refractivity contribution in [3.8, 4) is 12.3 Å². The fourth-order valence-corrected chi connectivity index (χ4v) is 3.21. The number of aryl methyl sites for hydroxylation is 2. The van der Waals surface area contributed by atoms with Gasteiger partial charge in [0.05, 0.1) is 29.9 Å². The highest BCUT2D eigenvalue weighted by Gasteiger charge is 2.50. The van der Waals surface area contributed by atoms with Crippen molar-refractivity contribution in [2.45, 2.75) is 25.9 Å². The van der Waals surface area contributed by atoms with Crippen LogP contribution in [-0.2, 0) is 10.4 Å². The normalized spacial score (nSPS) is 19.2. The number of fused-ring (bicyclic) bond motifs is 1. The number of carbonyl (C=O) groups excluding carboxylic acids is 2. The van der Waals surface area contributed by atoms with E-state index < -0.39 is 11.5 Å². The lowest BCUT2D eigenvalue weighted by atomic mass is 9.87. The zero-order valence-corrected chi connectivity index (χ0v) is 13.5. The lowest BCUT2D eigenvalue weighted by molar-refractivity contribution is -0.135. The summed E-state index contributed by atoms with van der Waals surface area (Å²) in [6.07, 6.45) is 4.97. The van der Waals surface area contributed by atoms with Crippen LogP contribution in [0.5, 0.6) is 0 Å². The summed E-state index contributed by atoms with van der Waals surface area (Å²) in [5.74, 6) is 1.50. The minimum absolute atomic E-state index is 0.0378. The van der Waals surface area contributed by atoms with Crippen LogP contribution in [0.15, 0.2) is 24.3 Å². The van der Waals surface area contributed by atoms with Crippen LogP contribution in [0.1, 0.15) is 33.7 Å². The summed E-state index contributed by atoms with van der Waals surface area (Å²) in [7, 11) is 0. The number of benzene rings is 1. The number of hydrogen-bond donors (Lipinski definition) is 2. The third-order valence-corrected chi connectivity index (χ3v) is 4.31. The van der Waals surface area contributed by atoms with E-state index in [0.29, 0.717) is 28.2 Å². The molecular weight excluding hydrogens is 306 g/mol. The highest BCUT2D eigenvalue weighted by Crippen LogP contribution is 2.42. The monoisotopic (exact) mass is 323 g/mol. The van der Waals surface area contributed by atoms with E-state index in [9.17, 15) is 14.7 Å². The summed E-state index contributed by atoms with van der Waals surface area (Å²) in [6.45, 7) is 3.47. The minimum Gasteiger partial charge on any atom is -0.375 e. The van der Waals surface area contributed by atoms with E-state index in [1.807, 2.05) is 0 Å². The lowest BCUT2D eigenvalue weighted by Crippen LogP contribution is -2.42. The van der Waals surface area contributed by atoms with Gasteiger partial charge in [-0.3, -0.25) is 19.6 Å². The third-order valence-electron chi connectivity index (χ3n) is 4.31. The molecule has 0 spiro atoms. The Morgan fingerprint density at radius 2 is 2.12 bits per heavy atom. The molecule has 2 aromatic rings. The molecule has 1 aliphatic heterocycles. The van der Waals surface area contributed by atoms with Gasteiger partial charge in [0.1, 0.15) is 0 Å². The number of terminal acetylenes is 1. The van der Waals surface area contributed by atoms with Crippen LogP contribution in [0, 0.1) is 26.2 Å². The van der Waals surface area contributed by atoms with Gasteiger partial charge in [-0.15, -0.1) is 6.42 Å². The molecule has 1 atom stereocenters. The van der Waals surface area contributed by atoms with Gasteiger partial charge in [-0.2, -0.15) is 5.10 Å². The lowest BCUT2D eigenvalue weighted by Gasteiger charge is -2.21. The summed E-state index contributed by atoms with van der Waals surface area (Å²) >= 11 is 0. The van der Waals surface area contributed by atoms with Crippen molar-refractivity contribution in [3.63, 3.8) is 0 Å². The first-order chi connectivity index (χ1) is 11.4. The summed E-state index contributed by atoms with van der Waals surface area (Å²) in [4.78, 5) is 26.8. The molecule has 0 saturated heterocycles. The molecule has 3 rings (SSSR count). The van der Waals surface area contributed by atoms with Gasteiger partial charge in [-0.1, -0.05) is 24.1 Å². The Morgan fingerprint density at radius 3 is 2.75 bits per heavy atom. The topological polar surface area (TPSA) is 86.3 Å². The number of ketones is 1. The summed E-state index contributed by atoms with van der Waals surface area (Å²) < 4.78 is 0. The van der Waals surface area contributed by atoms with Gasteiger partial charge in [-0.25, -0.2) is 0 Å². The Bertz CT molecular complexity index is 858. The second-order valence-electron chi connectivity index (χ2n) is 5.88. The predicted octanol–water partition coefficient (Wildman–Crippen LogP) is 1.47. The highest BCUT2D eigenvalue weighted by atomic mass is 16.3. The van der Waals surface area contributed by atoms with Crippen molar-refractivity contribution >= 4 is 17.4 Å². The van der Waals surface area contributed by atoms with Gasteiger partial charge < -0.3 is 5.11 Å². The van der Waals surface area contributed by atoms with E-state index in [-0.39, 0.29) is 18.7 Å². The van der Waals surface area contributed by atoms with Gasteiger partial charge in [0.2, 0.25) is 0 Å². The van der Waals surface area contributed by atoms with E-state index >= 15 is 0 Å². The molecule has 1 aromatic carbocycles. The summed E-state index contributed by atoms with van der Waals surface area (Å²) in [5, 5.41) is 17.8. The van der Waals surface area contributed by atoms with Crippen molar-refractivity contribution in [3.05, 3.63) is 46.8 Å². The largest absolute Gasteiger partial charge is 0.375 e. The second-order valence-corrected chi connectivity index (χ2v) is 5.88. The Labute approximate surface area is 139 Å². The van der Waals surface area contributed by atoms with E-state index in [0.717, 1.165) is 0 Å². The number of rotatable bonds is 4. The van der Waals surface area contributed by atoms with E-state index in [4.69, 9.17) is 6.42 Å². The van der Waals surface area contributed by atoms with Crippen molar-refractivity contribution in [1.82, 2.24) is 10.2 Å². The summed E-state index contributed by atoms with van der Waals surface area (Å²) in [6, 6.07) is 6.83. The SMILES string of the molecule is C#CCN1C(=O)C(O)(CC(=O)c2c(C)n[nH]c2C)c2ccccc21. The first-order valence-corrected chi connectivity index (χ1v) is 7.52. The van der Waals surface area contributed by atoms with E-state index in [2.05, 4.69) is 16.1 Å². The molecule has 6 nitrogen and oxygen atoms in total. The van der Waals surface area contributed by atoms with Gasteiger partial charge in [-0.05, 0) is 19.9 Å². The summed E-state index contributed by atoms with van der Waals surface area (Å²) in [5.41, 5.74) is 0.583. The zero-order chi connectivity index (χ0) is 17.5. The van der Waals surface area contributed by atoms with Crippen LogP contribution in [0.2, 0.25) is 0 Å². The van der Waals surface area contributed by atoms with Crippen molar-refractivity contribution < 1.29 is 14.7 Å².